The Labute approximate surface area is 145 Å². The van der Waals surface area contributed by atoms with Gasteiger partial charge in [-0.2, -0.15) is 13.2 Å². The molecule has 0 N–H and O–H groups in total. The van der Waals surface area contributed by atoms with Crippen LogP contribution in [0.1, 0.15) is 11.1 Å². The molecule has 0 aromatic heterocycles. The number of aryl methyl sites for hydroxylation is 1. The Bertz CT molecular complexity index is 1040. The monoisotopic (exact) mass is 364 g/mol. The molecular formula is C20H10F6. The number of hydrogen-bond acceptors (Lipinski definition) is 0. The highest BCUT2D eigenvalue weighted by Gasteiger charge is 2.24. The molecule has 132 valence electrons. The van der Waals surface area contributed by atoms with Gasteiger partial charge in [-0.1, -0.05) is 41.8 Å². The lowest BCUT2D eigenvalue weighted by Gasteiger charge is -2.09. The molecule has 3 aromatic carbocycles. The average Bonchev–Trinajstić information content (AvgIpc) is 2.53. The number of benzene rings is 3. The molecule has 0 fully saturated rings. The van der Waals surface area contributed by atoms with Gasteiger partial charge in [0, 0.05) is 16.9 Å². The van der Waals surface area contributed by atoms with E-state index in [0.717, 1.165) is 23.6 Å². The van der Waals surface area contributed by atoms with Crippen LogP contribution in [0.25, 0.3) is 21.9 Å². The zero-order valence-electron chi connectivity index (χ0n) is 13.3. The van der Waals surface area contributed by atoms with Crippen LogP contribution in [-0.2, 0) is 0 Å². The molecule has 0 bridgehead atoms. The van der Waals surface area contributed by atoms with Crippen LogP contribution in [-0.4, -0.2) is 6.18 Å². The average molecular weight is 364 g/mol. The zero-order valence-corrected chi connectivity index (χ0v) is 13.3. The molecule has 0 aliphatic carbocycles. The van der Waals surface area contributed by atoms with Crippen LogP contribution < -0.4 is 0 Å². The lowest BCUT2D eigenvalue weighted by Crippen LogP contribution is -2.02. The largest absolute Gasteiger partial charge is 0.458 e. The first-order chi connectivity index (χ1) is 12.2. The molecule has 0 aliphatic heterocycles. The summed E-state index contributed by atoms with van der Waals surface area (Å²) in [5, 5.41) is 0.898. The van der Waals surface area contributed by atoms with Gasteiger partial charge in [-0.15, -0.1) is 0 Å². The normalized spacial score (nSPS) is 11.3. The fourth-order valence-corrected chi connectivity index (χ4v) is 2.62. The van der Waals surface area contributed by atoms with Crippen LogP contribution in [0.5, 0.6) is 0 Å². The van der Waals surface area contributed by atoms with Crippen molar-refractivity contribution in [1.29, 1.82) is 0 Å². The standard InChI is InChI=1S/C20H10F6/c1-11-2-4-14-12(8-11)3-5-15(19(14)23)13-9-17(21)16(18(22)10-13)6-7-20(24,25)26/h2-5,8-10H,1H3. The van der Waals surface area contributed by atoms with E-state index in [0.29, 0.717) is 5.39 Å². The highest BCUT2D eigenvalue weighted by atomic mass is 19.4. The van der Waals surface area contributed by atoms with Crippen LogP contribution in [0.2, 0.25) is 0 Å². The van der Waals surface area contributed by atoms with Gasteiger partial charge >= 0.3 is 6.18 Å². The van der Waals surface area contributed by atoms with E-state index in [4.69, 9.17) is 0 Å². The number of halogens is 6. The summed E-state index contributed by atoms with van der Waals surface area (Å²) in [6.07, 6.45) is -4.87. The third-order valence-corrected chi connectivity index (χ3v) is 3.79. The van der Waals surface area contributed by atoms with Crippen LogP contribution >= 0.6 is 0 Å². The third-order valence-electron chi connectivity index (χ3n) is 3.79. The van der Waals surface area contributed by atoms with Crippen LogP contribution in [0, 0.1) is 36.2 Å². The van der Waals surface area contributed by atoms with E-state index in [9.17, 15) is 26.3 Å². The number of alkyl halides is 3. The van der Waals surface area contributed by atoms with Crippen molar-refractivity contribution < 1.29 is 26.3 Å². The van der Waals surface area contributed by atoms with Gasteiger partial charge in [0.05, 0.1) is 5.56 Å². The van der Waals surface area contributed by atoms with Crippen molar-refractivity contribution in [2.45, 2.75) is 13.1 Å². The summed E-state index contributed by atoms with van der Waals surface area (Å²) in [5.74, 6) is -1.01. The SMILES string of the molecule is Cc1ccc2c(F)c(-c3cc(F)c(C#CC(F)(F)F)c(F)c3)ccc2c1. The Morgan fingerprint density at radius 3 is 2.12 bits per heavy atom. The molecule has 3 aromatic rings. The molecule has 0 aliphatic rings. The van der Waals surface area contributed by atoms with Crippen molar-refractivity contribution in [2.24, 2.45) is 0 Å². The minimum atomic E-state index is -4.87. The zero-order chi connectivity index (χ0) is 19.1. The molecule has 6 heteroatoms. The van der Waals surface area contributed by atoms with Crippen molar-refractivity contribution in [3.05, 3.63) is 71.0 Å². The number of hydrogen-bond donors (Lipinski definition) is 0. The van der Waals surface area contributed by atoms with Crippen LogP contribution in [0.3, 0.4) is 0 Å². The molecule has 0 nitrogen and oxygen atoms in total. The third kappa shape index (κ3) is 3.52. The minimum Gasteiger partial charge on any atom is -0.206 e. The first kappa shape index (κ1) is 17.9. The van der Waals surface area contributed by atoms with Gasteiger partial charge in [-0.05, 0) is 30.0 Å². The lowest BCUT2D eigenvalue weighted by molar-refractivity contribution is -0.0696. The summed E-state index contributed by atoms with van der Waals surface area (Å²) in [6, 6.07) is 9.52. The highest BCUT2D eigenvalue weighted by Crippen LogP contribution is 2.31. The molecule has 3 rings (SSSR count). The highest BCUT2D eigenvalue weighted by molar-refractivity contribution is 5.88. The van der Waals surface area contributed by atoms with E-state index in [1.54, 1.807) is 24.3 Å². The summed E-state index contributed by atoms with van der Waals surface area (Å²) in [6.45, 7) is 1.84. The van der Waals surface area contributed by atoms with Crippen molar-refractivity contribution in [1.82, 2.24) is 0 Å². The fraction of sp³-hybridized carbons (Fsp3) is 0.100. The number of fused-ring (bicyclic) bond motifs is 1. The van der Waals surface area contributed by atoms with Crippen molar-refractivity contribution in [3.8, 4) is 23.0 Å². The molecule has 0 unspecified atom stereocenters. The van der Waals surface area contributed by atoms with E-state index in [1.807, 2.05) is 6.92 Å². The van der Waals surface area contributed by atoms with Gasteiger partial charge in [0.2, 0.25) is 0 Å². The number of rotatable bonds is 1. The van der Waals surface area contributed by atoms with Crippen LogP contribution in [0.15, 0.2) is 42.5 Å². The molecule has 0 radical (unpaired) electrons. The van der Waals surface area contributed by atoms with Crippen LogP contribution in [0.4, 0.5) is 26.3 Å². The van der Waals surface area contributed by atoms with Gasteiger partial charge in [0.15, 0.2) is 0 Å². The molecule has 0 saturated heterocycles. The van der Waals surface area contributed by atoms with E-state index in [1.165, 1.54) is 12.0 Å². The van der Waals surface area contributed by atoms with Gasteiger partial charge in [0.25, 0.3) is 0 Å². The first-order valence-electron chi connectivity index (χ1n) is 7.44. The second-order valence-corrected chi connectivity index (χ2v) is 5.71. The smallest absolute Gasteiger partial charge is 0.206 e. The molecule has 0 saturated carbocycles. The second kappa shape index (κ2) is 6.41. The Hall–Kier alpha value is -2.94. The predicted molar refractivity (Wildman–Crippen MR) is 86.9 cm³/mol. The van der Waals surface area contributed by atoms with E-state index >= 15 is 0 Å². The minimum absolute atomic E-state index is 0.0607. The maximum atomic E-state index is 14.7. The molecule has 0 atom stereocenters. The molecule has 26 heavy (non-hydrogen) atoms. The maximum absolute atomic E-state index is 14.7. The van der Waals surface area contributed by atoms with E-state index in [-0.39, 0.29) is 16.5 Å². The van der Waals surface area contributed by atoms with Gasteiger partial charge in [-0.25, -0.2) is 13.2 Å². The molecule has 0 amide bonds. The molecular weight excluding hydrogens is 354 g/mol. The van der Waals surface area contributed by atoms with Crippen molar-refractivity contribution >= 4 is 10.8 Å². The van der Waals surface area contributed by atoms with Gasteiger partial charge in [-0.3, -0.25) is 0 Å². The topological polar surface area (TPSA) is 0 Å². The molecule has 0 spiro atoms. The van der Waals surface area contributed by atoms with Crippen molar-refractivity contribution in [2.75, 3.05) is 0 Å². The second-order valence-electron chi connectivity index (χ2n) is 5.71. The summed E-state index contributed by atoms with van der Waals surface area (Å²) in [4.78, 5) is 0. The predicted octanol–water partition coefficient (Wildman–Crippen LogP) is 6.15. The summed E-state index contributed by atoms with van der Waals surface area (Å²) < 4.78 is 79.1. The summed E-state index contributed by atoms with van der Waals surface area (Å²) in [5.41, 5.74) is -0.274. The molecule has 0 heterocycles. The fourth-order valence-electron chi connectivity index (χ4n) is 2.62. The lowest BCUT2D eigenvalue weighted by atomic mass is 9.98. The summed E-state index contributed by atoms with van der Waals surface area (Å²) >= 11 is 0. The Kier molecular flexibility index (Phi) is 4.41. The Morgan fingerprint density at radius 2 is 1.50 bits per heavy atom. The Balaban J connectivity index is 2.13. The Morgan fingerprint density at radius 1 is 0.846 bits per heavy atom. The van der Waals surface area contributed by atoms with E-state index < -0.39 is 29.2 Å². The first-order valence-corrected chi connectivity index (χ1v) is 7.44. The van der Waals surface area contributed by atoms with Gasteiger partial charge < -0.3 is 0 Å². The van der Waals surface area contributed by atoms with Gasteiger partial charge in [0.1, 0.15) is 17.5 Å². The summed E-state index contributed by atoms with van der Waals surface area (Å²) in [7, 11) is 0. The quantitative estimate of drug-likeness (QED) is 0.359. The van der Waals surface area contributed by atoms with E-state index in [2.05, 4.69) is 0 Å². The van der Waals surface area contributed by atoms with Crippen molar-refractivity contribution in [3.63, 3.8) is 0 Å². The maximum Gasteiger partial charge on any atom is 0.458 e.